The molecule has 0 atom stereocenters. The number of carbonyl (C=O) groups excluding carboxylic acids is 1. The molecule has 6 nitrogen and oxygen atoms in total. The van der Waals surface area contributed by atoms with Gasteiger partial charge in [0.1, 0.15) is 0 Å². The molecule has 1 aliphatic rings. The molecular formula is C20H23N5OS2. The minimum absolute atomic E-state index is 0.0319. The molecule has 2 aromatic heterocycles. The largest absolute Gasteiger partial charge is 0.354 e. The number of para-hydroxylation sites is 1. The third-order valence-electron chi connectivity index (χ3n) is 4.67. The van der Waals surface area contributed by atoms with Crippen molar-refractivity contribution in [1.29, 1.82) is 0 Å². The SMILES string of the molecule is O=C(CSc1nnc(-c2cccs2)n1-c1ccccc1)NCCN1CCCC1. The Morgan fingerprint density at radius 2 is 1.93 bits per heavy atom. The molecular weight excluding hydrogens is 390 g/mol. The molecule has 1 amide bonds. The van der Waals surface area contributed by atoms with Gasteiger partial charge in [-0.25, -0.2) is 0 Å². The highest BCUT2D eigenvalue weighted by molar-refractivity contribution is 7.99. The Kier molecular flexibility index (Phi) is 6.41. The molecule has 8 heteroatoms. The van der Waals surface area contributed by atoms with E-state index in [9.17, 15) is 4.79 Å². The van der Waals surface area contributed by atoms with E-state index < -0.39 is 0 Å². The van der Waals surface area contributed by atoms with Crippen LogP contribution in [-0.4, -0.2) is 57.5 Å². The van der Waals surface area contributed by atoms with E-state index in [1.54, 1.807) is 11.3 Å². The van der Waals surface area contributed by atoms with E-state index in [2.05, 4.69) is 20.4 Å². The molecule has 3 aromatic rings. The highest BCUT2D eigenvalue weighted by Gasteiger charge is 2.18. The van der Waals surface area contributed by atoms with Gasteiger partial charge in [-0.1, -0.05) is 36.0 Å². The van der Waals surface area contributed by atoms with Crippen LogP contribution in [-0.2, 0) is 4.79 Å². The summed E-state index contributed by atoms with van der Waals surface area (Å²) in [6.45, 7) is 3.93. The standard InChI is InChI=1S/C20H23N5OS2/c26-18(21-10-13-24-11-4-5-12-24)15-28-20-23-22-19(17-9-6-14-27-17)25(20)16-7-2-1-3-8-16/h1-3,6-9,14H,4-5,10-13,15H2,(H,21,26). The Morgan fingerprint density at radius 3 is 2.68 bits per heavy atom. The number of benzene rings is 1. The van der Waals surface area contributed by atoms with Gasteiger partial charge in [-0.2, -0.15) is 0 Å². The minimum Gasteiger partial charge on any atom is -0.354 e. The maximum Gasteiger partial charge on any atom is 0.230 e. The summed E-state index contributed by atoms with van der Waals surface area (Å²) >= 11 is 3.05. The average molecular weight is 414 g/mol. The second kappa shape index (κ2) is 9.36. The van der Waals surface area contributed by atoms with Gasteiger partial charge in [0, 0.05) is 18.8 Å². The number of hydrogen-bond donors (Lipinski definition) is 1. The zero-order valence-electron chi connectivity index (χ0n) is 15.6. The molecule has 0 saturated carbocycles. The Balaban J connectivity index is 1.42. The number of nitrogens with zero attached hydrogens (tertiary/aromatic N) is 4. The lowest BCUT2D eigenvalue weighted by molar-refractivity contribution is -0.118. The highest BCUT2D eigenvalue weighted by Crippen LogP contribution is 2.30. The van der Waals surface area contributed by atoms with Crippen LogP contribution in [0.2, 0.25) is 0 Å². The number of thioether (sulfide) groups is 1. The fraction of sp³-hybridized carbons (Fsp3) is 0.350. The quantitative estimate of drug-likeness (QED) is 0.574. The number of aromatic nitrogens is 3. The lowest BCUT2D eigenvalue weighted by Gasteiger charge is -2.14. The van der Waals surface area contributed by atoms with Crippen molar-refractivity contribution in [2.24, 2.45) is 0 Å². The van der Waals surface area contributed by atoms with Crippen LogP contribution < -0.4 is 5.32 Å². The third-order valence-corrected chi connectivity index (χ3v) is 6.47. The first-order valence-corrected chi connectivity index (χ1v) is 11.3. The lowest BCUT2D eigenvalue weighted by Crippen LogP contribution is -2.34. The van der Waals surface area contributed by atoms with E-state index in [1.165, 1.54) is 24.6 Å². The van der Waals surface area contributed by atoms with Crippen molar-refractivity contribution >= 4 is 29.0 Å². The van der Waals surface area contributed by atoms with E-state index in [0.717, 1.165) is 41.2 Å². The van der Waals surface area contributed by atoms with Crippen LogP contribution in [0.25, 0.3) is 16.4 Å². The zero-order valence-corrected chi connectivity index (χ0v) is 17.2. The number of hydrogen-bond acceptors (Lipinski definition) is 6. The summed E-state index contributed by atoms with van der Waals surface area (Å²) in [4.78, 5) is 15.7. The molecule has 3 heterocycles. The normalized spacial score (nSPS) is 14.4. The van der Waals surface area contributed by atoms with Gasteiger partial charge in [-0.05, 0) is 49.5 Å². The first-order valence-electron chi connectivity index (χ1n) is 9.48. The van der Waals surface area contributed by atoms with Crippen LogP contribution in [0.4, 0.5) is 0 Å². The van der Waals surface area contributed by atoms with Crippen LogP contribution in [0.1, 0.15) is 12.8 Å². The second-order valence-electron chi connectivity index (χ2n) is 6.64. The van der Waals surface area contributed by atoms with Crippen LogP contribution in [0, 0.1) is 0 Å². The van der Waals surface area contributed by atoms with Crippen molar-refractivity contribution in [3.8, 4) is 16.4 Å². The minimum atomic E-state index is 0.0319. The molecule has 0 spiro atoms. The number of amides is 1. The molecule has 1 N–H and O–H groups in total. The molecule has 146 valence electrons. The van der Waals surface area contributed by atoms with Crippen molar-refractivity contribution in [3.05, 3.63) is 47.8 Å². The highest BCUT2D eigenvalue weighted by atomic mass is 32.2. The van der Waals surface area contributed by atoms with Crippen molar-refractivity contribution in [3.63, 3.8) is 0 Å². The van der Waals surface area contributed by atoms with Gasteiger partial charge in [0.25, 0.3) is 0 Å². The molecule has 1 aliphatic heterocycles. The van der Waals surface area contributed by atoms with Gasteiger partial charge >= 0.3 is 0 Å². The van der Waals surface area contributed by atoms with Crippen LogP contribution in [0.15, 0.2) is 53.0 Å². The first-order chi connectivity index (χ1) is 13.8. The Hall–Kier alpha value is -2.16. The van der Waals surface area contributed by atoms with Gasteiger partial charge in [-0.15, -0.1) is 21.5 Å². The smallest absolute Gasteiger partial charge is 0.230 e. The van der Waals surface area contributed by atoms with E-state index >= 15 is 0 Å². The van der Waals surface area contributed by atoms with Crippen LogP contribution in [0.5, 0.6) is 0 Å². The zero-order chi connectivity index (χ0) is 19.2. The average Bonchev–Trinajstić information content (AvgIpc) is 3.48. The monoisotopic (exact) mass is 413 g/mol. The van der Waals surface area contributed by atoms with Gasteiger partial charge in [0.2, 0.25) is 5.91 Å². The van der Waals surface area contributed by atoms with Crippen LogP contribution >= 0.6 is 23.1 Å². The number of rotatable bonds is 8. The van der Waals surface area contributed by atoms with E-state index in [4.69, 9.17) is 0 Å². The number of likely N-dealkylation sites (tertiary alicyclic amines) is 1. The second-order valence-corrected chi connectivity index (χ2v) is 8.53. The summed E-state index contributed by atoms with van der Waals surface area (Å²) in [7, 11) is 0. The maximum absolute atomic E-state index is 12.3. The lowest BCUT2D eigenvalue weighted by atomic mass is 10.3. The number of carbonyl (C=O) groups is 1. The first kappa shape index (κ1) is 19.2. The number of thiophene rings is 1. The van der Waals surface area contributed by atoms with Crippen molar-refractivity contribution in [2.75, 3.05) is 31.9 Å². The molecule has 1 fully saturated rings. The summed E-state index contributed by atoms with van der Waals surface area (Å²) < 4.78 is 2.02. The van der Waals surface area contributed by atoms with Crippen molar-refractivity contribution in [1.82, 2.24) is 25.0 Å². The summed E-state index contributed by atoms with van der Waals surface area (Å²) in [6, 6.07) is 14.1. The Bertz CT molecular complexity index is 889. The predicted octanol–water partition coefficient (Wildman–Crippen LogP) is 3.30. The van der Waals surface area contributed by atoms with Gasteiger partial charge in [-0.3, -0.25) is 9.36 Å². The maximum atomic E-state index is 12.3. The van der Waals surface area contributed by atoms with Gasteiger partial charge in [0.05, 0.1) is 10.6 Å². The molecule has 1 saturated heterocycles. The van der Waals surface area contributed by atoms with Gasteiger partial charge in [0.15, 0.2) is 11.0 Å². The molecule has 0 bridgehead atoms. The summed E-state index contributed by atoms with van der Waals surface area (Å²) in [5.41, 5.74) is 0.993. The fourth-order valence-corrected chi connectivity index (χ4v) is 4.76. The van der Waals surface area contributed by atoms with Gasteiger partial charge < -0.3 is 10.2 Å². The summed E-state index contributed by atoms with van der Waals surface area (Å²) in [6.07, 6.45) is 2.54. The Morgan fingerprint density at radius 1 is 1.11 bits per heavy atom. The van der Waals surface area contributed by atoms with Crippen molar-refractivity contribution in [2.45, 2.75) is 18.0 Å². The molecule has 4 rings (SSSR count). The van der Waals surface area contributed by atoms with E-state index in [0.29, 0.717) is 12.3 Å². The molecule has 0 aliphatic carbocycles. The fourth-order valence-electron chi connectivity index (χ4n) is 3.28. The molecule has 0 unspecified atom stereocenters. The summed E-state index contributed by atoms with van der Waals surface area (Å²) in [5, 5.41) is 14.5. The number of nitrogens with one attached hydrogen (secondary N) is 1. The molecule has 1 aromatic carbocycles. The predicted molar refractivity (Wildman–Crippen MR) is 114 cm³/mol. The van der Waals surface area contributed by atoms with Crippen LogP contribution in [0.3, 0.4) is 0 Å². The van der Waals surface area contributed by atoms with E-state index in [1.807, 2.05) is 52.4 Å². The topological polar surface area (TPSA) is 63.1 Å². The summed E-state index contributed by atoms with van der Waals surface area (Å²) in [5.74, 6) is 1.16. The third kappa shape index (κ3) is 4.63. The van der Waals surface area contributed by atoms with E-state index in [-0.39, 0.29) is 5.91 Å². The Labute approximate surface area is 173 Å². The molecule has 28 heavy (non-hydrogen) atoms. The molecule has 0 radical (unpaired) electrons. The van der Waals surface area contributed by atoms with Crippen molar-refractivity contribution < 1.29 is 4.79 Å².